The van der Waals surface area contributed by atoms with Gasteiger partial charge in [-0.3, -0.25) is 0 Å². The number of hydrogen-bond acceptors (Lipinski definition) is 7. The van der Waals surface area contributed by atoms with Crippen molar-refractivity contribution < 1.29 is 19.7 Å². The average Bonchev–Trinajstić information content (AvgIpc) is 2.99. The van der Waals surface area contributed by atoms with Crippen molar-refractivity contribution in [2.24, 2.45) is 0 Å². The van der Waals surface area contributed by atoms with Gasteiger partial charge in [0.2, 0.25) is 5.88 Å². The predicted octanol–water partition coefficient (Wildman–Crippen LogP) is 2.21. The van der Waals surface area contributed by atoms with E-state index in [0.29, 0.717) is 19.0 Å². The molecule has 2 aromatic heterocycles. The number of carbonyl (C=O) groups is 1. The lowest BCUT2D eigenvalue weighted by atomic mass is 10.2. The van der Waals surface area contributed by atoms with Crippen molar-refractivity contribution >= 4 is 30.9 Å². The lowest BCUT2D eigenvalue weighted by Gasteiger charge is -2.22. The average molecular weight is 410 g/mol. The van der Waals surface area contributed by atoms with Crippen molar-refractivity contribution in [1.82, 2.24) is 19.9 Å². The van der Waals surface area contributed by atoms with Crippen LogP contribution in [0.2, 0.25) is 25.7 Å². The Hall–Kier alpha value is -2.17. The van der Waals surface area contributed by atoms with E-state index in [0.717, 1.165) is 12.6 Å². The smallest absolute Gasteiger partial charge is 0.341 e. The quantitative estimate of drug-likeness (QED) is 0.404. The Kier molecular flexibility index (Phi) is 7.02. The molecule has 0 amide bonds. The maximum Gasteiger partial charge on any atom is 0.341 e. The van der Waals surface area contributed by atoms with Crippen LogP contribution in [0, 0.1) is 0 Å². The van der Waals surface area contributed by atoms with Crippen molar-refractivity contribution in [3.8, 4) is 5.88 Å². The van der Waals surface area contributed by atoms with Gasteiger partial charge in [-0.05, 0) is 20.1 Å². The summed E-state index contributed by atoms with van der Waals surface area (Å²) in [7, 11) is 4.43. The molecule has 0 atom stereocenters. The molecule has 0 saturated heterocycles. The third kappa shape index (κ3) is 5.66. The number of carboxylic acid groups (broad SMARTS) is 1. The molecule has 0 radical (unpaired) electrons. The van der Waals surface area contributed by atoms with Gasteiger partial charge in [-0.1, -0.05) is 19.6 Å². The first-order valence-corrected chi connectivity index (χ1v) is 13.0. The van der Waals surface area contributed by atoms with Crippen LogP contribution in [0.4, 0.5) is 5.82 Å². The molecule has 3 N–H and O–H groups in total. The fraction of sp³-hybridized carbons (Fsp3) is 0.611. The number of hydrogen-bond donors (Lipinski definition) is 3. The fourth-order valence-corrected chi connectivity index (χ4v) is 3.39. The molecule has 0 unspecified atom stereocenters. The second-order valence-corrected chi connectivity index (χ2v) is 14.1. The van der Waals surface area contributed by atoms with Crippen molar-refractivity contribution in [3.05, 3.63) is 11.4 Å². The summed E-state index contributed by atoms with van der Waals surface area (Å²) in [5.74, 6) is -0.747. The van der Waals surface area contributed by atoms with Gasteiger partial charge < -0.3 is 29.7 Å². The maximum absolute atomic E-state index is 11.9. The molecular formula is C18H31N5O4Si. The minimum Gasteiger partial charge on any atom is -0.492 e. The lowest BCUT2D eigenvalue weighted by Crippen LogP contribution is -2.30. The van der Waals surface area contributed by atoms with E-state index in [1.165, 1.54) is 0 Å². The van der Waals surface area contributed by atoms with Crippen LogP contribution in [-0.2, 0) is 11.3 Å². The summed E-state index contributed by atoms with van der Waals surface area (Å²) < 4.78 is 5.68. The third-order valence-electron chi connectivity index (χ3n) is 4.34. The number of nitrogens with one attached hydrogen (secondary N) is 1. The molecule has 2 aromatic rings. The molecule has 0 aliphatic heterocycles. The van der Waals surface area contributed by atoms with Gasteiger partial charge in [-0.25, -0.2) is 9.78 Å². The van der Waals surface area contributed by atoms with Crippen LogP contribution >= 0.6 is 0 Å². The van der Waals surface area contributed by atoms with Gasteiger partial charge in [-0.2, -0.15) is 4.98 Å². The van der Waals surface area contributed by atoms with Gasteiger partial charge in [0.15, 0.2) is 5.52 Å². The molecule has 2 heterocycles. The second-order valence-electron chi connectivity index (χ2n) is 8.43. The first-order valence-electron chi connectivity index (χ1n) is 9.28. The normalized spacial score (nSPS) is 12.1. The molecule has 0 aliphatic rings. The van der Waals surface area contributed by atoms with Crippen molar-refractivity contribution in [3.63, 3.8) is 0 Å². The molecule has 9 nitrogen and oxygen atoms in total. The van der Waals surface area contributed by atoms with Gasteiger partial charge in [0.1, 0.15) is 23.8 Å². The van der Waals surface area contributed by atoms with E-state index in [2.05, 4.69) is 34.6 Å². The molecule has 28 heavy (non-hydrogen) atoms. The number of H-pyrrole nitrogens is 1. The monoisotopic (exact) mass is 409 g/mol. The van der Waals surface area contributed by atoms with Crippen LogP contribution in [-0.4, -0.2) is 84.9 Å². The van der Waals surface area contributed by atoms with E-state index >= 15 is 0 Å². The summed E-state index contributed by atoms with van der Waals surface area (Å²) in [5.41, 5.74) is 0.399. The molecule has 10 heteroatoms. The van der Waals surface area contributed by atoms with Crippen LogP contribution < -0.4 is 4.90 Å². The molecule has 0 saturated carbocycles. The van der Waals surface area contributed by atoms with Gasteiger partial charge in [0, 0.05) is 34.8 Å². The summed E-state index contributed by atoms with van der Waals surface area (Å²) in [6.07, 6.45) is 0. The third-order valence-corrected chi connectivity index (χ3v) is 6.05. The standard InChI is InChI=1S/C18H31N5O4Si/c1-22(2)7-8-23(3)16-13(18(25)26)14-15(17(24)21-16)20-12(19-14)11-27-9-10-28(4,5)6/h7-11H2,1-6H3,(H,19,20)(H,21,24)(H,25,26). The summed E-state index contributed by atoms with van der Waals surface area (Å²) >= 11 is 0. The molecular weight excluding hydrogens is 378 g/mol. The van der Waals surface area contributed by atoms with E-state index in [-0.39, 0.29) is 34.9 Å². The summed E-state index contributed by atoms with van der Waals surface area (Å²) in [6, 6.07) is 1.03. The van der Waals surface area contributed by atoms with Crippen molar-refractivity contribution in [2.45, 2.75) is 32.3 Å². The van der Waals surface area contributed by atoms with E-state index in [1.54, 1.807) is 11.9 Å². The Bertz CT molecular complexity index is 831. The highest BCUT2D eigenvalue weighted by atomic mass is 28.3. The minimum absolute atomic E-state index is 0.00472. The summed E-state index contributed by atoms with van der Waals surface area (Å²) in [6.45, 7) is 8.95. The number of imidazole rings is 1. The molecule has 0 aromatic carbocycles. The van der Waals surface area contributed by atoms with Gasteiger partial charge in [0.05, 0.1) is 5.52 Å². The van der Waals surface area contributed by atoms with E-state index in [4.69, 9.17) is 4.74 Å². The minimum atomic E-state index is -1.19. The number of pyridine rings is 1. The Labute approximate surface area is 166 Å². The van der Waals surface area contributed by atoms with Crippen LogP contribution in [0.15, 0.2) is 0 Å². The summed E-state index contributed by atoms with van der Waals surface area (Å²) in [4.78, 5) is 27.0. The van der Waals surface area contributed by atoms with Crippen LogP contribution in [0.25, 0.3) is 11.0 Å². The predicted molar refractivity (Wildman–Crippen MR) is 112 cm³/mol. The van der Waals surface area contributed by atoms with Gasteiger partial charge in [0.25, 0.3) is 0 Å². The number of rotatable bonds is 10. The number of anilines is 1. The Morgan fingerprint density at radius 1 is 1.18 bits per heavy atom. The number of carboxylic acids is 1. The fourth-order valence-electron chi connectivity index (χ4n) is 2.64. The SMILES string of the molecule is CN(C)CCN(C)c1nc(O)c2nc(COCC[Si](C)(C)C)[nH]c2c1C(=O)O. The van der Waals surface area contributed by atoms with Gasteiger partial charge in [-0.15, -0.1) is 0 Å². The molecule has 0 bridgehead atoms. The number of ether oxygens (including phenoxy) is 1. The number of fused-ring (bicyclic) bond motifs is 1. The molecule has 2 rings (SSSR count). The largest absolute Gasteiger partial charge is 0.492 e. The Balaban J connectivity index is 2.30. The number of likely N-dealkylation sites (N-methyl/N-ethyl adjacent to an activating group) is 2. The molecule has 0 fully saturated rings. The van der Waals surface area contributed by atoms with Crippen LogP contribution in [0.1, 0.15) is 16.2 Å². The Morgan fingerprint density at radius 3 is 2.43 bits per heavy atom. The molecule has 0 aliphatic carbocycles. The summed E-state index contributed by atoms with van der Waals surface area (Å²) in [5, 5.41) is 20.1. The Morgan fingerprint density at radius 2 is 1.86 bits per heavy atom. The molecule has 0 spiro atoms. The highest BCUT2D eigenvalue weighted by Gasteiger charge is 2.25. The first kappa shape index (κ1) is 22.1. The lowest BCUT2D eigenvalue weighted by molar-refractivity contribution is 0.0699. The van der Waals surface area contributed by atoms with Crippen LogP contribution in [0.5, 0.6) is 5.88 Å². The zero-order chi connectivity index (χ0) is 21.1. The number of aromatic hydroxyl groups is 1. The van der Waals surface area contributed by atoms with E-state index in [9.17, 15) is 15.0 Å². The zero-order valence-corrected chi connectivity index (χ0v) is 18.5. The maximum atomic E-state index is 11.9. The van der Waals surface area contributed by atoms with Crippen molar-refractivity contribution in [1.29, 1.82) is 0 Å². The number of aromatic carboxylic acids is 1. The zero-order valence-electron chi connectivity index (χ0n) is 17.5. The highest BCUT2D eigenvalue weighted by Crippen LogP contribution is 2.31. The topological polar surface area (TPSA) is 115 Å². The molecule has 156 valence electrons. The highest BCUT2D eigenvalue weighted by molar-refractivity contribution is 6.76. The number of aromatic nitrogens is 3. The second kappa shape index (κ2) is 8.89. The number of aromatic amines is 1. The first-order chi connectivity index (χ1) is 13.0. The number of nitrogens with zero attached hydrogens (tertiary/aromatic N) is 4. The van der Waals surface area contributed by atoms with Crippen LogP contribution in [0.3, 0.4) is 0 Å². The van der Waals surface area contributed by atoms with Gasteiger partial charge >= 0.3 is 5.97 Å². The van der Waals surface area contributed by atoms with Crippen molar-refractivity contribution in [2.75, 3.05) is 45.7 Å². The van der Waals surface area contributed by atoms with E-state index < -0.39 is 14.0 Å². The van der Waals surface area contributed by atoms with E-state index in [1.807, 2.05) is 19.0 Å².